The van der Waals surface area contributed by atoms with Gasteiger partial charge in [0, 0.05) is 16.8 Å². The number of aryl methyl sites for hydroxylation is 1. The Morgan fingerprint density at radius 3 is 2.56 bits per heavy atom. The van der Waals surface area contributed by atoms with E-state index in [-0.39, 0.29) is 0 Å². The van der Waals surface area contributed by atoms with E-state index in [4.69, 9.17) is 12.2 Å². The molecule has 0 saturated heterocycles. The van der Waals surface area contributed by atoms with Gasteiger partial charge in [-0.3, -0.25) is 0 Å². The monoisotopic (exact) mass is 230 g/mol. The molecule has 0 unspecified atom stereocenters. The number of hydrogen-bond donors (Lipinski definition) is 1. The van der Waals surface area contributed by atoms with Crippen molar-refractivity contribution in [3.05, 3.63) is 46.2 Å². The molecule has 1 aromatic heterocycles. The summed E-state index contributed by atoms with van der Waals surface area (Å²) in [6.45, 7) is 4.13. The SMILES string of the molecule is CCc1[nH]c(-c2ccccc2)nc(=S)c1C. The first-order chi connectivity index (χ1) is 7.72. The summed E-state index contributed by atoms with van der Waals surface area (Å²) in [6, 6.07) is 10.1. The summed E-state index contributed by atoms with van der Waals surface area (Å²) in [5.74, 6) is 0.855. The summed E-state index contributed by atoms with van der Waals surface area (Å²) in [4.78, 5) is 7.75. The molecule has 1 aromatic carbocycles. The second kappa shape index (κ2) is 4.58. The number of rotatable bonds is 2. The lowest BCUT2D eigenvalue weighted by Crippen LogP contribution is -1.99. The molecule has 0 fully saturated rings. The van der Waals surface area contributed by atoms with Crippen LogP contribution in [0.25, 0.3) is 11.4 Å². The van der Waals surface area contributed by atoms with Crippen molar-refractivity contribution in [1.82, 2.24) is 9.97 Å². The van der Waals surface area contributed by atoms with Gasteiger partial charge in [0.1, 0.15) is 10.5 Å². The highest BCUT2D eigenvalue weighted by molar-refractivity contribution is 7.71. The highest BCUT2D eigenvalue weighted by Crippen LogP contribution is 2.16. The largest absolute Gasteiger partial charge is 0.343 e. The van der Waals surface area contributed by atoms with Crippen molar-refractivity contribution in [2.24, 2.45) is 0 Å². The number of nitrogens with zero attached hydrogens (tertiary/aromatic N) is 1. The van der Waals surface area contributed by atoms with Crippen LogP contribution in [0.2, 0.25) is 0 Å². The zero-order valence-corrected chi connectivity index (χ0v) is 10.3. The molecule has 2 aromatic rings. The van der Waals surface area contributed by atoms with Crippen molar-refractivity contribution in [3.8, 4) is 11.4 Å². The van der Waals surface area contributed by atoms with Gasteiger partial charge in [-0.1, -0.05) is 49.5 Å². The smallest absolute Gasteiger partial charge is 0.139 e. The molecule has 2 rings (SSSR count). The second-order valence-corrected chi connectivity index (χ2v) is 4.10. The topological polar surface area (TPSA) is 28.7 Å². The fraction of sp³-hybridized carbons (Fsp3) is 0.231. The number of H-pyrrole nitrogens is 1. The van der Waals surface area contributed by atoms with Crippen LogP contribution in [-0.2, 0) is 6.42 Å². The Morgan fingerprint density at radius 2 is 1.94 bits per heavy atom. The van der Waals surface area contributed by atoms with Crippen LogP contribution in [0.4, 0.5) is 0 Å². The maximum atomic E-state index is 5.26. The number of aromatic nitrogens is 2. The maximum Gasteiger partial charge on any atom is 0.139 e. The van der Waals surface area contributed by atoms with Gasteiger partial charge in [-0.15, -0.1) is 0 Å². The van der Waals surface area contributed by atoms with Gasteiger partial charge in [-0.2, -0.15) is 0 Å². The highest BCUT2D eigenvalue weighted by atomic mass is 32.1. The Morgan fingerprint density at radius 1 is 1.25 bits per heavy atom. The molecule has 16 heavy (non-hydrogen) atoms. The van der Waals surface area contributed by atoms with Crippen LogP contribution in [0.15, 0.2) is 30.3 Å². The standard InChI is InChI=1S/C13H14N2S/c1-3-11-9(2)13(16)15-12(14-11)10-7-5-4-6-8-10/h4-8H,3H2,1-2H3,(H,14,15,16). The third-order valence-electron chi connectivity index (χ3n) is 2.66. The molecule has 3 heteroatoms. The molecule has 0 aliphatic heterocycles. The number of benzene rings is 1. The van der Waals surface area contributed by atoms with E-state index in [9.17, 15) is 0 Å². The molecule has 1 heterocycles. The summed E-state index contributed by atoms with van der Waals surface area (Å²) in [5, 5.41) is 0. The predicted molar refractivity (Wildman–Crippen MR) is 69.0 cm³/mol. The van der Waals surface area contributed by atoms with Crippen LogP contribution in [0, 0.1) is 11.6 Å². The normalized spacial score (nSPS) is 10.4. The highest BCUT2D eigenvalue weighted by Gasteiger charge is 2.04. The first-order valence-corrected chi connectivity index (χ1v) is 5.78. The fourth-order valence-corrected chi connectivity index (χ4v) is 1.88. The zero-order valence-electron chi connectivity index (χ0n) is 9.45. The first-order valence-electron chi connectivity index (χ1n) is 5.37. The van der Waals surface area contributed by atoms with Gasteiger partial charge in [0.15, 0.2) is 0 Å². The first kappa shape index (κ1) is 11.0. The van der Waals surface area contributed by atoms with E-state index in [1.54, 1.807) is 0 Å². The lowest BCUT2D eigenvalue weighted by molar-refractivity contribution is 0.969. The van der Waals surface area contributed by atoms with E-state index in [0.717, 1.165) is 23.4 Å². The van der Waals surface area contributed by atoms with Gasteiger partial charge in [0.05, 0.1) is 0 Å². The summed E-state index contributed by atoms with van der Waals surface area (Å²) >= 11 is 5.26. The molecular weight excluding hydrogens is 216 g/mol. The third kappa shape index (κ3) is 2.04. The van der Waals surface area contributed by atoms with Crippen molar-refractivity contribution in [2.75, 3.05) is 0 Å². The molecule has 0 aliphatic rings. The van der Waals surface area contributed by atoms with E-state index in [1.165, 1.54) is 5.69 Å². The maximum absolute atomic E-state index is 5.26. The second-order valence-electron chi connectivity index (χ2n) is 3.71. The fourth-order valence-electron chi connectivity index (χ4n) is 1.67. The predicted octanol–water partition coefficient (Wildman–Crippen LogP) is 3.68. The Labute approximate surface area is 100 Å². The molecule has 0 radical (unpaired) electrons. The third-order valence-corrected chi connectivity index (χ3v) is 3.05. The van der Waals surface area contributed by atoms with E-state index in [0.29, 0.717) is 4.64 Å². The minimum atomic E-state index is 0.689. The van der Waals surface area contributed by atoms with Crippen molar-refractivity contribution >= 4 is 12.2 Å². The van der Waals surface area contributed by atoms with E-state index in [1.807, 2.05) is 37.3 Å². The van der Waals surface area contributed by atoms with E-state index < -0.39 is 0 Å². The Hall–Kier alpha value is -1.48. The molecular formula is C13H14N2S. The lowest BCUT2D eigenvalue weighted by atomic mass is 10.1. The molecule has 1 N–H and O–H groups in total. The molecule has 0 atom stereocenters. The minimum Gasteiger partial charge on any atom is -0.343 e. The van der Waals surface area contributed by atoms with Gasteiger partial charge in [0.2, 0.25) is 0 Å². The molecule has 0 saturated carbocycles. The Kier molecular flexibility index (Phi) is 3.15. The van der Waals surface area contributed by atoms with Crippen LogP contribution >= 0.6 is 12.2 Å². The van der Waals surface area contributed by atoms with Crippen LogP contribution in [0.5, 0.6) is 0 Å². The van der Waals surface area contributed by atoms with Crippen LogP contribution < -0.4 is 0 Å². The number of nitrogens with one attached hydrogen (secondary N) is 1. The Bertz CT molecular complexity index is 544. The van der Waals surface area contributed by atoms with Crippen LogP contribution in [-0.4, -0.2) is 9.97 Å². The molecule has 0 aliphatic carbocycles. The van der Waals surface area contributed by atoms with Gasteiger partial charge in [0.25, 0.3) is 0 Å². The summed E-state index contributed by atoms with van der Waals surface area (Å²) in [5.41, 5.74) is 3.32. The van der Waals surface area contributed by atoms with Gasteiger partial charge < -0.3 is 4.98 Å². The minimum absolute atomic E-state index is 0.689. The van der Waals surface area contributed by atoms with Crippen molar-refractivity contribution in [1.29, 1.82) is 0 Å². The number of aromatic amines is 1. The molecule has 0 bridgehead atoms. The average Bonchev–Trinajstić information content (AvgIpc) is 2.33. The summed E-state index contributed by atoms with van der Waals surface area (Å²) < 4.78 is 0.689. The quantitative estimate of drug-likeness (QED) is 0.797. The summed E-state index contributed by atoms with van der Waals surface area (Å²) in [6.07, 6.45) is 0.942. The Balaban J connectivity index is 2.60. The molecule has 82 valence electrons. The van der Waals surface area contributed by atoms with Crippen LogP contribution in [0.1, 0.15) is 18.2 Å². The molecule has 0 spiro atoms. The zero-order chi connectivity index (χ0) is 11.5. The van der Waals surface area contributed by atoms with Crippen molar-refractivity contribution in [3.63, 3.8) is 0 Å². The van der Waals surface area contributed by atoms with E-state index in [2.05, 4.69) is 16.9 Å². The average molecular weight is 230 g/mol. The van der Waals surface area contributed by atoms with Gasteiger partial charge in [-0.25, -0.2) is 4.98 Å². The van der Waals surface area contributed by atoms with Gasteiger partial charge >= 0.3 is 0 Å². The van der Waals surface area contributed by atoms with Gasteiger partial charge in [-0.05, 0) is 13.3 Å². The van der Waals surface area contributed by atoms with Crippen molar-refractivity contribution in [2.45, 2.75) is 20.3 Å². The molecule has 0 amide bonds. The van der Waals surface area contributed by atoms with Crippen molar-refractivity contribution < 1.29 is 0 Å². The molecule has 2 nitrogen and oxygen atoms in total. The lowest BCUT2D eigenvalue weighted by Gasteiger charge is -2.07. The summed E-state index contributed by atoms with van der Waals surface area (Å²) in [7, 11) is 0. The van der Waals surface area contributed by atoms with E-state index >= 15 is 0 Å². The number of hydrogen-bond acceptors (Lipinski definition) is 2. The van der Waals surface area contributed by atoms with Crippen LogP contribution in [0.3, 0.4) is 0 Å².